The first kappa shape index (κ1) is 20.7. The zero-order valence-electron chi connectivity index (χ0n) is 16.9. The number of nitrogens with one attached hydrogen (secondary N) is 1. The summed E-state index contributed by atoms with van der Waals surface area (Å²) in [5.74, 6) is -1.29. The van der Waals surface area contributed by atoms with Gasteiger partial charge in [0.1, 0.15) is 0 Å². The topological polar surface area (TPSA) is 117 Å². The summed E-state index contributed by atoms with van der Waals surface area (Å²) >= 11 is 0. The third kappa shape index (κ3) is 4.59. The Bertz CT molecular complexity index is 1310. The van der Waals surface area contributed by atoms with Crippen molar-refractivity contribution in [2.24, 2.45) is 0 Å². The van der Waals surface area contributed by atoms with Gasteiger partial charge < -0.3 is 20.2 Å². The van der Waals surface area contributed by atoms with Crippen molar-refractivity contribution >= 4 is 23.3 Å². The number of rotatable bonds is 6. The fourth-order valence-electron chi connectivity index (χ4n) is 3.00. The number of esters is 1. The van der Waals surface area contributed by atoms with E-state index in [1.165, 1.54) is 10.8 Å². The maximum Gasteiger partial charge on any atom is 0.423 e. The van der Waals surface area contributed by atoms with Crippen molar-refractivity contribution in [1.82, 2.24) is 4.57 Å². The first-order chi connectivity index (χ1) is 15.5. The molecule has 3 N–H and O–H groups in total. The number of amides is 1. The molecule has 0 saturated heterocycles. The summed E-state index contributed by atoms with van der Waals surface area (Å²) < 4.78 is 11.6. The summed E-state index contributed by atoms with van der Waals surface area (Å²) in [6.07, 6.45) is 1.44. The number of carbonyl (C=O) groups excluding carboxylic acids is 2. The highest BCUT2D eigenvalue weighted by molar-refractivity contribution is 6.05. The Morgan fingerprint density at radius 3 is 2.31 bits per heavy atom. The fourth-order valence-corrected chi connectivity index (χ4v) is 3.00. The SMILES string of the molecule is Nc1ccccc1NC(=O)c1ccc(-n2cc(COC(=O)c3ccccc3)oc2=O)cc1. The molecule has 0 aliphatic carbocycles. The van der Waals surface area contributed by atoms with Crippen LogP contribution >= 0.6 is 0 Å². The number of nitrogen functional groups attached to an aromatic ring is 1. The van der Waals surface area contributed by atoms with Crippen molar-refractivity contribution in [2.45, 2.75) is 6.61 Å². The summed E-state index contributed by atoms with van der Waals surface area (Å²) in [4.78, 5) is 36.7. The summed E-state index contributed by atoms with van der Waals surface area (Å²) in [6.45, 7) is -0.186. The first-order valence-electron chi connectivity index (χ1n) is 9.71. The maximum atomic E-state index is 12.4. The number of hydrogen-bond acceptors (Lipinski definition) is 6. The van der Waals surface area contributed by atoms with E-state index in [1.807, 2.05) is 0 Å². The molecule has 32 heavy (non-hydrogen) atoms. The van der Waals surface area contributed by atoms with E-state index in [4.69, 9.17) is 14.9 Å². The lowest BCUT2D eigenvalue weighted by atomic mass is 10.2. The standard InChI is InChI=1S/C24H19N3O5/c25-20-8-4-5-9-21(20)26-22(28)16-10-12-18(13-11-16)27-14-19(32-24(27)30)15-31-23(29)17-6-2-1-3-7-17/h1-14H,15,25H2,(H,26,28). The van der Waals surface area contributed by atoms with Crippen LogP contribution in [0.25, 0.3) is 5.69 Å². The van der Waals surface area contributed by atoms with Crippen LogP contribution in [0.3, 0.4) is 0 Å². The molecule has 0 bridgehead atoms. The summed E-state index contributed by atoms with van der Waals surface area (Å²) in [6, 6.07) is 21.9. The van der Waals surface area contributed by atoms with Crippen LogP contribution in [0.15, 0.2) is 94.3 Å². The minimum absolute atomic E-state index is 0.186. The largest absolute Gasteiger partial charge is 0.454 e. The van der Waals surface area contributed by atoms with Gasteiger partial charge in [-0.05, 0) is 48.5 Å². The smallest absolute Gasteiger partial charge is 0.423 e. The Morgan fingerprint density at radius 2 is 1.59 bits per heavy atom. The van der Waals surface area contributed by atoms with E-state index in [0.29, 0.717) is 28.2 Å². The molecule has 1 aromatic heterocycles. The van der Waals surface area contributed by atoms with Gasteiger partial charge in [-0.2, -0.15) is 0 Å². The molecule has 0 unspecified atom stereocenters. The molecular weight excluding hydrogens is 410 g/mol. The molecule has 3 aromatic carbocycles. The molecule has 0 fully saturated rings. The lowest BCUT2D eigenvalue weighted by Crippen LogP contribution is -2.14. The predicted molar refractivity (Wildman–Crippen MR) is 119 cm³/mol. The monoisotopic (exact) mass is 429 g/mol. The molecule has 4 rings (SSSR count). The Kier molecular flexibility index (Phi) is 5.85. The third-order valence-electron chi connectivity index (χ3n) is 4.66. The number of anilines is 2. The van der Waals surface area contributed by atoms with Crippen LogP contribution in [0, 0.1) is 0 Å². The van der Waals surface area contributed by atoms with Crippen LogP contribution in [0.4, 0.5) is 11.4 Å². The van der Waals surface area contributed by atoms with E-state index in [1.54, 1.807) is 78.9 Å². The van der Waals surface area contributed by atoms with Gasteiger partial charge in [-0.1, -0.05) is 30.3 Å². The van der Waals surface area contributed by atoms with Crippen molar-refractivity contribution in [3.05, 3.63) is 112 Å². The zero-order valence-corrected chi connectivity index (χ0v) is 16.9. The second kappa shape index (κ2) is 9.05. The van der Waals surface area contributed by atoms with Crippen molar-refractivity contribution in [3.63, 3.8) is 0 Å². The zero-order chi connectivity index (χ0) is 22.5. The lowest BCUT2D eigenvalue weighted by molar-refractivity contribution is 0.0443. The van der Waals surface area contributed by atoms with Crippen LogP contribution in [-0.2, 0) is 11.3 Å². The van der Waals surface area contributed by atoms with Crippen LogP contribution in [0.1, 0.15) is 26.5 Å². The molecule has 0 radical (unpaired) electrons. The second-order valence-electron chi connectivity index (χ2n) is 6.86. The van der Waals surface area contributed by atoms with Gasteiger partial charge in [-0.25, -0.2) is 14.2 Å². The number of para-hydroxylation sites is 2. The molecular formula is C24H19N3O5. The molecule has 8 heteroatoms. The fraction of sp³-hybridized carbons (Fsp3) is 0.0417. The number of hydrogen-bond donors (Lipinski definition) is 2. The molecule has 8 nitrogen and oxygen atoms in total. The number of ether oxygens (including phenoxy) is 1. The van der Waals surface area contributed by atoms with Gasteiger partial charge >= 0.3 is 11.7 Å². The highest BCUT2D eigenvalue weighted by Crippen LogP contribution is 2.18. The Morgan fingerprint density at radius 1 is 0.906 bits per heavy atom. The number of nitrogens with two attached hydrogens (primary N) is 1. The molecule has 160 valence electrons. The van der Waals surface area contributed by atoms with Crippen molar-refractivity contribution in [2.75, 3.05) is 11.1 Å². The summed E-state index contributed by atoms with van der Waals surface area (Å²) in [5, 5.41) is 2.74. The van der Waals surface area contributed by atoms with Gasteiger partial charge in [0.15, 0.2) is 12.4 Å². The van der Waals surface area contributed by atoms with Gasteiger partial charge in [0, 0.05) is 5.56 Å². The van der Waals surface area contributed by atoms with Gasteiger partial charge in [-0.15, -0.1) is 0 Å². The van der Waals surface area contributed by atoms with E-state index < -0.39 is 11.7 Å². The Labute approximate surface area is 182 Å². The van der Waals surface area contributed by atoms with Crippen molar-refractivity contribution in [3.8, 4) is 5.69 Å². The van der Waals surface area contributed by atoms with Crippen LogP contribution in [-0.4, -0.2) is 16.4 Å². The van der Waals surface area contributed by atoms with Crippen LogP contribution in [0.2, 0.25) is 0 Å². The molecule has 0 spiro atoms. The number of oxazole rings is 1. The van der Waals surface area contributed by atoms with E-state index in [2.05, 4.69) is 5.32 Å². The average Bonchev–Trinajstić information content (AvgIpc) is 3.20. The highest BCUT2D eigenvalue weighted by Gasteiger charge is 2.13. The molecule has 1 amide bonds. The molecule has 1 heterocycles. The molecule has 0 aliphatic rings. The van der Waals surface area contributed by atoms with E-state index in [0.717, 1.165) is 0 Å². The van der Waals surface area contributed by atoms with Gasteiger partial charge in [0.2, 0.25) is 0 Å². The summed E-state index contributed by atoms with van der Waals surface area (Å²) in [5.41, 5.74) is 8.12. The second-order valence-corrected chi connectivity index (χ2v) is 6.86. The average molecular weight is 429 g/mol. The predicted octanol–water partition coefficient (Wildman–Crippen LogP) is 3.62. The quantitative estimate of drug-likeness (QED) is 0.357. The Balaban J connectivity index is 1.43. The third-order valence-corrected chi connectivity index (χ3v) is 4.66. The lowest BCUT2D eigenvalue weighted by Gasteiger charge is -2.08. The van der Waals surface area contributed by atoms with E-state index in [9.17, 15) is 14.4 Å². The molecule has 4 aromatic rings. The van der Waals surface area contributed by atoms with Crippen molar-refractivity contribution < 1.29 is 18.7 Å². The van der Waals surface area contributed by atoms with Gasteiger partial charge in [-0.3, -0.25) is 4.79 Å². The van der Waals surface area contributed by atoms with Crippen LogP contribution < -0.4 is 16.8 Å². The van der Waals surface area contributed by atoms with Gasteiger partial charge in [0.05, 0.1) is 28.8 Å². The Hall–Kier alpha value is -4.59. The minimum atomic E-state index is -0.634. The summed E-state index contributed by atoms with van der Waals surface area (Å²) in [7, 11) is 0. The number of carbonyl (C=O) groups is 2. The van der Waals surface area contributed by atoms with Crippen LogP contribution in [0.5, 0.6) is 0 Å². The number of aromatic nitrogens is 1. The number of benzene rings is 3. The highest BCUT2D eigenvalue weighted by atomic mass is 16.5. The maximum absolute atomic E-state index is 12.4. The molecule has 0 atom stereocenters. The molecule has 0 aliphatic heterocycles. The van der Waals surface area contributed by atoms with E-state index in [-0.39, 0.29) is 18.3 Å². The normalized spacial score (nSPS) is 10.5. The first-order valence-corrected chi connectivity index (χ1v) is 9.71. The van der Waals surface area contributed by atoms with Crippen molar-refractivity contribution in [1.29, 1.82) is 0 Å². The van der Waals surface area contributed by atoms with Gasteiger partial charge in [0.25, 0.3) is 5.91 Å². The molecule has 0 saturated carbocycles. The van der Waals surface area contributed by atoms with E-state index >= 15 is 0 Å². The minimum Gasteiger partial charge on any atom is -0.454 e. The number of nitrogens with zero attached hydrogens (tertiary/aromatic N) is 1.